The molecule has 4 aromatic rings. The molecule has 0 aromatic carbocycles. The Hall–Kier alpha value is -3.74. The number of rotatable bonds is 8. The number of carbonyl (C=O) groups is 1. The molecular weight excluding hydrogens is 472 g/mol. The van der Waals surface area contributed by atoms with Crippen molar-refractivity contribution in [1.82, 2.24) is 23.9 Å². The molecule has 0 unspecified atom stereocenters. The molecule has 1 aliphatic rings. The highest BCUT2D eigenvalue weighted by atomic mass is 32.1. The summed E-state index contributed by atoms with van der Waals surface area (Å²) < 4.78 is 11.6. The number of anilines is 1. The smallest absolute Gasteiger partial charge is 0.341 e. The molecule has 1 fully saturated rings. The Kier molecular flexibility index (Phi) is 6.24. The van der Waals surface area contributed by atoms with Gasteiger partial charge in [-0.1, -0.05) is 0 Å². The van der Waals surface area contributed by atoms with Crippen LogP contribution in [0.5, 0.6) is 0 Å². The van der Waals surface area contributed by atoms with E-state index in [1.165, 1.54) is 10.8 Å². The van der Waals surface area contributed by atoms with Crippen LogP contribution >= 0.6 is 11.5 Å². The summed E-state index contributed by atoms with van der Waals surface area (Å²) in [4.78, 5) is 40.3. The van der Waals surface area contributed by atoms with Gasteiger partial charge in [0.25, 0.3) is 0 Å². The van der Waals surface area contributed by atoms with Gasteiger partial charge in [-0.25, -0.2) is 9.78 Å². The van der Waals surface area contributed by atoms with Crippen molar-refractivity contribution < 1.29 is 19.7 Å². The number of pyridine rings is 3. The fourth-order valence-corrected chi connectivity index (χ4v) is 4.58. The average molecular weight is 495 g/mol. The van der Waals surface area contributed by atoms with Crippen molar-refractivity contribution in [3.05, 3.63) is 58.1 Å². The minimum atomic E-state index is -1.32. The second-order valence-electron chi connectivity index (χ2n) is 8.16. The van der Waals surface area contributed by atoms with E-state index in [-0.39, 0.29) is 23.7 Å². The summed E-state index contributed by atoms with van der Waals surface area (Å²) >= 11 is 1.08. The lowest BCUT2D eigenvalue weighted by Crippen LogP contribution is -2.52. The maximum Gasteiger partial charge on any atom is 0.341 e. The second-order valence-corrected chi connectivity index (χ2v) is 8.89. The first-order valence-corrected chi connectivity index (χ1v) is 11.8. The van der Waals surface area contributed by atoms with Gasteiger partial charge in [-0.15, -0.1) is 0 Å². The molecule has 5 heterocycles. The van der Waals surface area contributed by atoms with Crippen LogP contribution in [-0.2, 0) is 4.74 Å². The van der Waals surface area contributed by atoms with Gasteiger partial charge in [0.15, 0.2) is 11.5 Å². The number of hydrogen-bond acceptors (Lipinski definition) is 10. The van der Waals surface area contributed by atoms with E-state index in [1.54, 1.807) is 31.5 Å². The molecule has 1 saturated heterocycles. The number of fused-ring (bicyclic) bond motifs is 1. The molecule has 0 amide bonds. The van der Waals surface area contributed by atoms with Crippen molar-refractivity contribution in [3.8, 4) is 16.5 Å². The molecule has 180 valence electrons. The molecule has 1 aliphatic heterocycles. The summed E-state index contributed by atoms with van der Waals surface area (Å²) in [5.74, 6) is -0.220. The van der Waals surface area contributed by atoms with Gasteiger partial charge in [-0.3, -0.25) is 14.3 Å². The normalized spacial score (nSPS) is 13.8. The quantitative estimate of drug-likeness (QED) is 0.349. The van der Waals surface area contributed by atoms with E-state index in [0.29, 0.717) is 54.1 Å². The number of aryl methyl sites for hydroxylation is 1. The van der Waals surface area contributed by atoms with Crippen molar-refractivity contribution in [2.45, 2.75) is 19.4 Å². The SMILES string of the molecule is Cc1cc(N2CC(OCCCO)C2)nc2c1c(=O)c(C(=O)O)cn2-c1nc(-c2cccnc2)ns1. The highest BCUT2D eigenvalue weighted by Gasteiger charge is 2.30. The number of carboxylic acid groups (broad SMARTS) is 1. The Labute approximate surface area is 203 Å². The lowest BCUT2D eigenvalue weighted by atomic mass is 10.1. The number of aromatic carboxylic acids is 1. The third kappa shape index (κ3) is 4.38. The van der Waals surface area contributed by atoms with E-state index >= 15 is 0 Å². The summed E-state index contributed by atoms with van der Waals surface area (Å²) in [7, 11) is 0. The van der Waals surface area contributed by atoms with Gasteiger partial charge in [0, 0.05) is 62.0 Å². The zero-order valence-electron chi connectivity index (χ0n) is 18.8. The third-order valence-electron chi connectivity index (χ3n) is 5.74. The molecule has 0 spiro atoms. The zero-order chi connectivity index (χ0) is 24.5. The Bertz CT molecular complexity index is 1450. The molecule has 0 aliphatic carbocycles. The number of aliphatic hydroxyl groups is 1. The average Bonchev–Trinajstić information content (AvgIpc) is 3.31. The van der Waals surface area contributed by atoms with E-state index in [2.05, 4.69) is 14.3 Å². The summed E-state index contributed by atoms with van der Waals surface area (Å²) in [6, 6.07) is 5.39. The van der Waals surface area contributed by atoms with Gasteiger partial charge in [0.05, 0.1) is 11.5 Å². The Morgan fingerprint density at radius 3 is 2.86 bits per heavy atom. The molecule has 4 aromatic heterocycles. The van der Waals surface area contributed by atoms with Gasteiger partial charge in [0.2, 0.25) is 10.6 Å². The van der Waals surface area contributed by atoms with Crippen molar-refractivity contribution >= 4 is 34.4 Å². The van der Waals surface area contributed by atoms with Crippen LogP contribution in [-0.4, -0.2) is 72.5 Å². The minimum Gasteiger partial charge on any atom is -0.477 e. The highest BCUT2D eigenvalue weighted by Crippen LogP contribution is 2.28. The van der Waals surface area contributed by atoms with Gasteiger partial charge in [0.1, 0.15) is 11.4 Å². The Morgan fingerprint density at radius 2 is 2.14 bits per heavy atom. The van der Waals surface area contributed by atoms with Crippen LogP contribution in [0.1, 0.15) is 22.3 Å². The lowest BCUT2D eigenvalue weighted by Gasteiger charge is -2.40. The lowest BCUT2D eigenvalue weighted by molar-refractivity contribution is 0.0265. The molecule has 35 heavy (non-hydrogen) atoms. The molecule has 2 N–H and O–H groups in total. The van der Waals surface area contributed by atoms with Gasteiger partial charge < -0.3 is 19.8 Å². The molecule has 0 radical (unpaired) electrons. The van der Waals surface area contributed by atoms with Crippen LogP contribution in [0.3, 0.4) is 0 Å². The number of ether oxygens (including phenoxy) is 1. The number of aromatic nitrogens is 5. The molecule has 0 saturated carbocycles. The monoisotopic (exact) mass is 494 g/mol. The predicted octanol–water partition coefficient (Wildman–Crippen LogP) is 1.89. The van der Waals surface area contributed by atoms with E-state index in [9.17, 15) is 14.7 Å². The summed E-state index contributed by atoms with van der Waals surface area (Å²) in [6.07, 6.45) is 5.18. The number of aliphatic hydroxyl groups excluding tert-OH is 1. The number of nitrogens with zero attached hydrogens (tertiary/aromatic N) is 6. The van der Waals surface area contributed by atoms with Crippen molar-refractivity contribution in [1.29, 1.82) is 0 Å². The van der Waals surface area contributed by atoms with Crippen molar-refractivity contribution in [2.75, 3.05) is 31.2 Å². The van der Waals surface area contributed by atoms with Crippen LogP contribution in [0.15, 0.2) is 41.6 Å². The first-order valence-electron chi connectivity index (χ1n) is 11.0. The Balaban J connectivity index is 1.58. The van der Waals surface area contributed by atoms with E-state index in [0.717, 1.165) is 17.1 Å². The minimum absolute atomic E-state index is 0.0427. The molecule has 0 atom stereocenters. The summed E-state index contributed by atoms with van der Waals surface area (Å²) in [6.45, 7) is 3.61. The highest BCUT2D eigenvalue weighted by molar-refractivity contribution is 7.08. The van der Waals surface area contributed by atoms with Crippen LogP contribution in [0.2, 0.25) is 0 Å². The third-order valence-corrected chi connectivity index (χ3v) is 6.46. The Morgan fingerprint density at radius 1 is 1.31 bits per heavy atom. The second kappa shape index (κ2) is 9.49. The van der Waals surface area contributed by atoms with Crippen molar-refractivity contribution in [3.63, 3.8) is 0 Å². The number of hydrogen-bond donors (Lipinski definition) is 2. The fraction of sp³-hybridized carbons (Fsp3) is 0.304. The maximum atomic E-state index is 13.0. The van der Waals surface area contributed by atoms with Crippen LogP contribution in [0.25, 0.3) is 27.6 Å². The van der Waals surface area contributed by atoms with E-state index in [4.69, 9.17) is 14.8 Å². The fourth-order valence-electron chi connectivity index (χ4n) is 3.91. The van der Waals surface area contributed by atoms with Crippen LogP contribution in [0, 0.1) is 6.92 Å². The molecular formula is C23H22N6O5S. The standard InChI is InChI=1S/C23H22N6O5S/c1-13-8-17(28-10-15(11-28)34-7-3-6-30)25-21-18(13)19(31)16(22(32)33)12-29(21)23-26-20(27-35-23)14-4-2-5-24-9-14/h2,4-5,8-9,12,15,30H,3,6-7,10-11H2,1H3,(H,32,33). The molecule has 12 heteroatoms. The largest absolute Gasteiger partial charge is 0.477 e. The van der Waals surface area contributed by atoms with Crippen LogP contribution < -0.4 is 10.3 Å². The molecule has 0 bridgehead atoms. The van der Waals surface area contributed by atoms with Gasteiger partial charge >= 0.3 is 5.97 Å². The van der Waals surface area contributed by atoms with Gasteiger partial charge in [-0.05, 0) is 37.1 Å². The van der Waals surface area contributed by atoms with E-state index in [1.807, 2.05) is 11.0 Å². The van der Waals surface area contributed by atoms with Crippen molar-refractivity contribution in [2.24, 2.45) is 0 Å². The first kappa shape index (κ1) is 23.0. The predicted molar refractivity (Wildman–Crippen MR) is 129 cm³/mol. The number of carboxylic acids is 1. The van der Waals surface area contributed by atoms with E-state index < -0.39 is 11.4 Å². The van der Waals surface area contributed by atoms with Gasteiger partial charge in [-0.2, -0.15) is 9.36 Å². The molecule has 5 rings (SSSR count). The maximum absolute atomic E-state index is 13.0. The first-order chi connectivity index (χ1) is 17.0. The topological polar surface area (TPSA) is 144 Å². The molecule has 11 nitrogen and oxygen atoms in total. The summed E-state index contributed by atoms with van der Waals surface area (Å²) in [5, 5.41) is 19.2. The summed E-state index contributed by atoms with van der Waals surface area (Å²) in [5.41, 5.74) is 0.694. The van der Waals surface area contributed by atoms with Crippen LogP contribution in [0.4, 0.5) is 5.82 Å². The zero-order valence-corrected chi connectivity index (χ0v) is 19.6.